The molecule has 1 aromatic heterocycles. The fourth-order valence-electron chi connectivity index (χ4n) is 4.74. The van der Waals surface area contributed by atoms with Gasteiger partial charge in [-0.25, -0.2) is 8.78 Å². The number of hydrogen-bond acceptors (Lipinski definition) is 4. The van der Waals surface area contributed by atoms with Crippen molar-refractivity contribution in [3.8, 4) is 11.3 Å². The van der Waals surface area contributed by atoms with E-state index in [-0.39, 0.29) is 17.3 Å². The van der Waals surface area contributed by atoms with E-state index < -0.39 is 17.6 Å². The second-order valence-corrected chi connectivity index (χ2v) is 9.50. The van der Waals surface area contributed by atoms with Crippen LogP contribution < -0.4 is 4.90 Å². The van der Waals surface area contributed by atoms with Gasteiger partial charge in [0.1, 0.15) is 11.6 Å². The van der Waals surface area contributed by atoms with Gasteiger partial charge in [-0.15, -0.1) is 0 Å². The van der Waals surface area contributed by atoms with Gasteiger partial charge in [-0.1, -0.05) is 20.3 Å². The van der Waals surface area contributed by atoms with Crippen molar-refractivity contribution in [1.29, 1.82) is 0 Å². The quantitative estimate of drug-likeness (QED) is 0.567. The fraction of sp³-hybridized carbons (Fsp3) is 0.625. The maximum atomic E-state index is 14.3. The molecule has 2 aliphatic rings. The van der Waals surface area contributed by atoms with Crippen LogP contribution in [0.4, 0.5) is 19.2 Å². The summed E-state index contributed by atoms with van der Waals surface area (Å²) in [5.74, 6) is -1.97. The molecular formula is C24H32F3N3O. The molecule has 31 heavy (non-hydrogen) atoms. The van der Waals surface area contributed by atoms with Gasteiger partial charge in [-0.2, -0.15) is 9.37 Å². The molecular weight excluding hydrogens is 403 g/mol. The van der Waals surface area contributed by atoms with Crippen molar-refractivity contribution >= 4 is 6.01 Å². The third-order valence-electron chi connectivity index (χ3n) is 7.35. The second kappa shape index (κ2) is 9.23. The SMILES string of the molecule is CCC1(C)CCN(CCC2CCN(c3nc(F)c(-c4cc(F)cc(F)c4)o3)CC2)CC1. The van der Waals surface area contributed by atoms with Crippen LogP contribution in [0, 0.1) is 28.9 Å². The molecule has 4 nitrogen and oxygen atoms in total. The van der Waals surface area contributed by atoms with E-state index in [1.54, 1.807) is 0 Å². The summed E-state index contributed by atoms with van der Waals surface area (Å²) in [5, 5.41) is 0. The highest BCUT2D eigenvalue weighted by atomic mass is 19.1. The predicted molar refractivity (Wildman–Crippen MR) is 115 cm³/mol. The Morgan fingerprint density at radius 2 is 1.68 bits per heavy atom. The van der Waals surface area contributed by atoms with E-state index in [0.29, 0.717) is 11.3 Å². The number of piperidine rings is 2. The average Bonchev–Trinajstić information content (AvgIpc) is 3.15. The summed E-state index contributed by atoms with van der Waals surface area (Å²) in [4.78, 5) is 8.39. The molecule has 2 aromatic rings. The molecule has 1 aromatic carbocycles. The third-order valence-corrected chi connectivity index (χ3v) is 7.35. The van der Waals surface area contributed by atoms with Gasteiger partial charge >= 0.3 is 6.01 Å². The average molecular weight is 436 g/mol. The first-order valence-electron chi connectivity index (χ1n) is 11.5. The van der Waals surface area contributed by atoms with E-state index in [2.05, 4.69) is 23.7 Å². The molecule has 0 bridgehead atoms. The molecule has 0 atom stereocenters. The molecule has 7 heteroatoms. The topological polar surface area (TPSA) is 32.5 Å². The summed E-state index contributed by atoms with van der Waals surface area (Å²) in [7, 11) is 0. The fourth-order valence-corrected chi connectivity index (χ4v) is 4.74. The van der Waals surface area contributed by atoms with Crippen LogP contribution in [-0.2, 0) is 0 Å². The Bertz CT molecular complexity index is 864. The zero-order valence-corrected chi connectivity index (χ0v) is 18.5. The Labute approximate surface area is 182 Å². The lowest BCUT2D eigenvalue weighted by atomic mass is 9.78. The summed E-state index contributed by atoms with van der Waals surface area (Å²) >= 11 is 0. The van der Waals surface area contributed by atoms with E-state index in [9.17, 15) is 13.2 Å². The Hall–Kier alpha value is -2.02. The summed E-state index contributed by atoms with van der Waals surface area (Å²) in [6, 6.07) is 3.03. The molecule has 2 saturated heterocycles. The van der Waals surface area contributed by atoms with Gasteiger partial charge in [0, 0.05) is 24.7 Å². The van der Waals surface area contributed by atoms with Crippen molar-refractivity contribution in [2.75, 3.05) is 37.6 Å². The van der Waals surface area contributed by atoms with Crippen LogP contribution in [0.25, 0.3) is 11.3 Å². The van der Waals surface area contributed by atoms with Crippen molar-refractivity contribution in [3.63, 3.8) is 0 Å². The van der Waals surface area contributed by atoms with Crippen molar-refractivity contribution in [1.82, 2.24) is 9.88 Å². The number of rotatable bonds is 6. The number of nitrogens with zero attached hydrogens (tertiary/aromatic N) is 3. The zero-order chi connectivity index (χ0) is 22.0. The van der Waals surface area contributed by atoms with Gasteiger partial charge in [0.15, 0.2) is 5.76 Å². The van der Waals surface area contributed by atoms with Crippen LogP contribution in [0.5, 0.6) is 0 Å². The Kier molecular flexibility index (Phi) is 6.60. The molecule has 0 radical (unpaired) electrons. The molecule has 2 fully saturated rings. The first-order valence-corrected chi connectivity index (χ1v) is 11.5. The van der Waals surface area contributed by atoms with E-state index in [1.807, 2.05) is 4.90 Å². The summed E-state index contributed by atoms with van der Waals surface area (Å²) in [5.41, 5.74) is 0.535. The first kappa shape index (κ1) is 22.2. The molecule has 0 N–H and O–H groups in total. The second-order valence-electron chi connectivity index (χ2n) is 9.50. The number of hydrogen-bond donors (Lipinski definition) is 0. The van der Waals surface area contributed by atoms with Crippen LogP contribution >= 0.6 is 0 Å². The van der Waals surface area contributed by atoms with Gasteiger partial charge in [0.25, 0.3) is 5.95 Å². The minimum Gasteiger partial charge on any atom is -0.420 e. The summed E-state index contributed by atoms with van der Waals surface area (Å²) in [6.45, 7) is 9.73. The lowest BCUT2D eigenvalue weighted by Gasteiger charge is -2.39. The summed E-state index contributed by atoms with van der Waals surface area (Å²) in [6.07, 6.45) is 7.04. The molecule has 0 saturated carbocycles. The van der Waals surface area contributed by atoms with Crippen molar-refractivity contribution in [2.24, 2.45) is 11.3 Å². The van der Waals surface area contributed by atoms with Gasteiger partial charge in [0.05, 0.1) is 0 Å². The van der Waals surface area contributed by atoms with E-state index >= 15 is 0 Å². The molecule has 0 spiro atoms. The Balaban J connectivity index is 1.28. The highest BCUT2D eigenvalue weighted by molar-refractivity contribution is 5.58. The first-order chi connectivity index (χ1) is 14.8. The largest absolute Gasteiger partial charge is 0.420 e. The number of oxazole rings is 1. The predicted octanol–water partition coefficient (Wildman–Crippen LogP) is 5.88. The smallest absolute Gasteiger partial charge is 0.300 e. The van der Waals surface area contributed by atoms with Gasteiger partial charge in [0.2, 0.25) is 0 Å². The van der Waals surface area contributed by atoms with Crippen molar-refractivity contribution in [2.45, 2.75) is 52.4 Å². The standard InChI is InChI=1S/C24H32F3N3O/c1-3-24(2)7-12-29(13-8-24)9-4-17-5-10-30(11-6-17)23-28-22(27)21(31-23)18-14-19(25)16-20(26)15-18/h14-17H,3-13H2,1-2H3. The minimum absolute atomic E-state index is 0.0179. The van der Waals surface area contributed by atoms with Crippen LogP contribution in [0.15, 0.2) is 22.6 Å². The Morgan fingerprint density at radius 3 is 2.29 bits per heavy atom. The maximum Gasteiger partial charge on any atom is 0.300 e. The van der Waals surface area contributed by atoms with Crippen LogP contribution in [0.1, 0.15) is 52.4 Å². The third kappa shape index (κ3) is 5.25. The van der Waals surface area contributed by atoms with Crippen molar-refractivity contribution < 1.29 is 17.6 Å². The number of benzene rings is 1. The van der Waals surface area contributed by atoms with Gasteiger partial charge < -0.3 is 14.2 Å². The van der Waals surface area contributed by atoms with E-state index in [4.69, 9.17) is 4.42 Å². The number of anilines is 1. The molecule has 0 unspecified atom stereocenters. The molecule has 170 valence electrons. The maximum absolute atomic E-state index is 14.3. The highest BCUT2D eigenvalue weighted by Crippen LogP contribution is 2.35. The van der Waals surface area contributed by atoms with E-state index in [1.165, 1.54) is 38.8 Å². The van der Waals surface area contributed by atoms with Crippen LogP contribution in [-0.4, -0.2) is 42.6 Å². The van der Waals surface area contributed by atoms with Gasteiger partial charge in [-0.3, -0.25) is 0 Å². The number of likely N-dealkylation sites (tertiary alicyclic amines) is 1. The molecule has 3 heterocycles. The van der Waals surface area contributed by atoms with Crippen LogP contribution in [0.2, 0.25) is 0 Å². The molecule has 2 aliphatic heterocycles. The highest BCUT2D eigenvalue weighted by Gasteiger charge is 2.29. The van der Waals surface area contributed by atoms with E-state index in [0.717, 1.165) is 50.7 Å². The molecule has 0 aliphatic carbocycles. The lowest BCUT2D eigenvalue weighted by molar-refractivity contribution is 0.108. The zero-order valence-electron chi connectivity index (χ0n) is 18.5. The van der Waals surface area contributed by atoms with Gasteiger partial charge in [-0.05, 0) is 75.2 Å². The Morgan fingerprint density at radius 1 is 1.03 bits per heavy atom. The minimum atomic E-state index is -0.841. The monoisotopic (exact) mass is 435 g/mol. The summed E-state index contributed by atoms with van der Waals surface area (Å²) < 4.78 is 46.8. The number of halogens is 3. The number of aromatic nitrogens is 1. The lowest BCUT2D eigenvalue weighted by Crippen LogP contribution is -2.40. The molecule has 0 amide bonds. The van der Waals surface area contributed by atoms with Crippen LogP contribution in [0.3, 0.4) is 0 Å². The normalized spacial score (nSPS) is 20.4. The van der Waals surface area contributed by atoms with Crippen molar-refractivity contribution in [3.05, 3.63) is 35.8 Å². The molecule has 4 rings (SSSR count).